The van der Waals surface area contributed by atoms with Gasteiger partial charge in [-0.3, -0.25) is 0 Å². The van der Waals surface area contributed by atoms with Gasteiger partial charge < -0.3 is 9.84 Å². The van der Waals surface area contributed by atoms with Crippen LogP contribution in [0.25, 0.3) is 5.00 Å². The average molecular weight is 295 g/mol. The van der Waals surface area contributed by atoms with Crippen LogP contribution in [-0.2, 0) is 4.74 Å². The molecule has 2 aromatic heterocycles. The van der Waals surface area contributed by atoms with E-state index in [0.29, 0.717) is 10.6 Å². The number of aryl methyl sites for hydroxylation is 1. The zero-order valence-electron chi connectivity index (χ0n) is 11.2. The van der Waals surface area contributed by atoms with Crippen molar-refractivity contribution in [3.8, 4) is 5.00 Å². The molecule has 0 aliphatic rings. The van der Waals surface area contributed by atoms with Crippen LogP contribution in [0.15, 0.2) is 6.20 Å². The molecule has 0 aliphatic carbocycles. The molecule has 7 nitrogen and oxygen atoms in total. The first kappa shape index (κ1) is 14.2. The Morgan fingerprint density at radius 1 is 1.45 bits per heavy atom. The lowest BCUT2D eigenvalue weighted by molar-refractivity contribution is 0.0525. The maximum absolute atomic E-state index is 12.0. The highest BCUT2D eigenvalue weighted by Crippen LogP contribution is 2.31. The molecule has 0 atom stereocenters. The topological polar surface area (TPSA) is 94.3 Å². The zero-order valence-corrected chi connectivity index (χ0v) is 12.0. The third-order valence-electron chi connectivity index (χ3n) is 2.77. The lowest BCUT2D eigenvalue weighted by Crippen LogP contribution is -2.09. The molecular weight excluding hydrogens is 282 g/mol. The van der Waals surface area contributed by atoms with Crippen molar-refractivity contribution < 1.29 is 19.4 Å². The van der Waals surface area contributed by atoms with E-state index in [-0.39, 0.29) is 12.3 Å². The summed E-state index contributed by atoms with van der Waals surface area (Å²) in [5, 5.41) is 16.7. The molecule has 0 spiro atoms. The second-order valence-corrected chi connectivity index (χ2v) is 5.24. The minimum absolute atomic E-state index is 0.177. The van der Waals surface area contributed by atoms with Gasteiger partial charge in [0.1, 0.15) is 5.00 Å². The van der Waals surface area contributed by atoms with E-state index in [9.17, 15) is 9.59 Å². The van der Waals surface area contributed by atoms with E-state index in [0.717, 1.165) is 10.4 Å². The molecule has 0 aromatic carbocycles. The predicted molar refractivity (Wildman–Crippen MR) is 71.6 cm³/mol. The summed E-state index contributed by atoms with van der Waals surface area (Å²) in [6, 6.07) is 0. The number of hydrogen-bond acceptors (Lipinski definition) is 6. The molecule has 0 radical (unpaired) electrons. The molecule has 0 unspecified atom stereocenters. The number of carbonyl (C=O) groups excluding carboxylic acids is 1. The Bertz CT molecular complexity index is 674. The van der Waals surface area contributed by atoms with Crippen molar-refractivity contribution in [2.75, 3.05) is 6.61 Å². The number of aromatic carboxylic acids is 1. The fraction of sp³-hybridized carbons (Fsp3) is 0.333. The average Bonchev–Trinajstić information content (AvgIpc) is 2.96. The molecule has 106 valence electrons. The highest BCUT2D eigenvalue weighted by atomic mass is 32.1. The molecule has 2 rings (SSSR count). The molecule has 0 bridgehead atoms. The zero-order chi connectivity index (χ0) is 14.9. The summed E-state index contributed by atoms with van der Waals surface area (Å²) in [7, 11) is 0. The number of carbonyl (C=O) groups is 2. The fourth-order valence-corrected chi connectivity index (χ4v) is 2.74. The van der Waals surface area contributed by atoms with Crippen molar-refractivity contribution >= 4 is 23.3 Å². The predicted octanol–water partition coefficient (Wildman–Crippen LogP) is 1.82. The van der Waals surface area contributed by atoms with Crippen LogP contribution in [0.4, 0.5) is 0 Å². The van der Waals surface area contributed by atoms with E-state index in [2.05, 4.69) is 10.3 Å². The van der Waals surface area contributed by atoms with E-state index in [4.69, 9.17) is 9.84 Å². The molecule has 20 heavy (non-hydrogen) atoms. The van der Waals surface area contributed by atoms with E-state index in [1.54, 1.807) is 6.92 Å². The first-order chi connectivity index (χ1) is 9.45. The summed E-state index contributed by atoms with van der Waals surface area (Å²) >= 11 is 1.34. The van der Waals surface area contributed by atoms with Gasteiger partial charge in [0.25, 0.3) is 0 Å². The normalized spacial score (nSPS) is 10.6. The maximum Gasteiger partial charge on any atom is 0.358 e. The van der Waals surface area contributed by atoms with Gasteiger partial charge in [-0.15, -0.1) is 16.4 Å². The van der Waals surface area contributed by atoms with Crippen molar-refractivity contribution in [2.45, 2.75) is 20.8 Å². The Morgan fingerprint density at radius 3 is 2.70 bits per heavy atom. The van der Waals surface area contributed by atoms with Gasteiger partial charge in [0.05, 0.1) is 18.4 Å². The van der Waals surface area contributed by atoms with Crippen molar-refractivity contribution in [1.29, 1.82) is 0 Å². The van der Waals surface area contributed by atoms with Gasteiger partial charge in [-0.1, -0.05) is 5.21 Å². The van der Waals surface area contributed by atoms with Crippen molar-refractivity contribution in [2.24, 2.45) is 0 Å². The minimum Gasteiger partial charge on any atom is -0.476 e. The number of rotatable bonds is 4. The molecule has 0 fully saturated rings. The smallest absolute Gasteiger partial charge is 0.358 e. The van der Waals surface area contributed by atoms with Crippen molar-refractivity contribution in [3.63, 3.8) is 0 Å². The summed E-state index contributed by atoms with van der Waals surface area (Å²) in [5.41, 5.74) is 1.02. The second-order valence-electron chi connectivity index (χ2n) is 4.04. The first-order valence-electron chi connectivity index (χ1n) is 5.88. The van der Waals surface area contributed by atoms with Crippen molar-refractivity contribution in [3.05, 3.63) is 27.9 Å². The number of aromatic nitrogens is 3. The highest BCUT2D eigenvalue weighted by Gasteiger charge is 2.23. The van der Waals surface area contributed by atoms with Gasteiger partial charge in [-0.2, -0.15) is 0 Å². The second kappa shape index (κ2) is 5.41. The van der Waals surface area contributed by atoms with Gasteiger partial charge in [-0.25, -0.2) is 14.3 Å². The Morgan fingerprint density at radius 2 is 2.15 bits per heavy atom. The summed E-state index contributed by atoms with van der Waals surface area (Å²) in [6.45, 7) is 5.69. The van der Waals surface area contributed by atoms with Gasteiger partial charge in [0.15, 0.2) is 5.69 Å². The summed E-state index contributed by atoms with van der Waals surface area (Å²) in [6.07, 6.45) is 1.27. The molecule has 0 amide bonds. The number of esters is 1. The van der Waals surface area contributed by atoms with Crippen LogP contribution in [0.3, 0.4) is 0 Å². The summed E-state index contributed by atoms with van der Waals surface area (Å²) < 4.78 is 6.32. The standard InChI is InChI=1S/C12H13N3O4S/c1-4-19-12(18)9-6(2)7(3)20-10(9)15-5-8(11(16)17)13-14-15/h5H,4H2,1-3H3,(H,16,17). The molecule has 2 aromatic rings. The van der Waals surface area contributed by atoms with E-state index in [1.807, 2.05) is 13.8 Å². The number of nitrogens with zero attached hydrogens (tertiary/aromatic N) is 3. The van der Waals surface area contributed by atoms with Gasteiger partial charge in [-0.05, 0) is 26.3 Å². The molecule has 1 N–H and O–H groups in total. The van der Waals surface area contributed by atoms with Gasteiger partial charge >= 0.3 is 11.9 Å². The number of carboxylic acid groups (broad SMARTS) is 1. The lowest BCUT2D eigenvalue weighted by Gasteiger charge is -2.04. The Kier molecular flexibility index (Phi) is 3.84. The molecule has 0 saturated carbocycles. The van der Waals surface area contributed by atoms with Crippen LogP contribution >= 0.6 is 11.3 Å². The highest BCUT2D eigenvalue weighted by molar-refractivity contribution is 7.15. The van der Waals surface area contributed by atoms with E-state index >= 15 is 0 Å². The summed E-state index contributed by atoms with van der Waals surface area (Å²) in [4.78, 5) is 23.8. The number of hydrogen-bond donors (Lipinski definition) is 1. The first-order valence-corrected chi connectivity index (χ1v) is 6.70. The van der Waals surface area contributed by atoms with E-state index in [1.165, 1.54) is 22.2 Å². The monoisotopic (exact) mass is 295 g/mol. The molecule has 2 heterocycles. The van der Waals surface area contributed by atoms with Crippen LogP contribution in [0.2, 0.25) is 0 Å². The van der Waals surface area contributed by atoms with E-state index < -0.39 is 11.9 Å². The molecule has 8 heteroatoms. The SMILES string of the molecule is CCOC(=O)c1c(-n2cc(C(=O)O)nn2)sc(C)c1C. The van der Waals surface area contributed by atoms with Gasteiger partial charge in [0, 0.05) is 4.88 Å². The summed E-state index contributed by atoms with van der Waals surface area (Å²) in [5.74, 6) is -1.62. The molecule has 0 aliphatic heterocycles. The number of ether oxygens (including phenoxy) is 1. The Balaban J connectivity index is 2.52. The van der Waals surface area contributed by atoms with Crippen LogP contribution < -0.4 is 0 Å². The van der Waals surface area contributed by atoms with Crippen LogP contribution in [0, 0.1) is 13.8 Å². The third-order valence-corrected chi connectivity index (χ3v) is 3.96. The number of thiophene rings is 1. The Hall–Kier alpha value is -2.22. The quantitative estimate of drug-likeness (QED) is 0.865. The number of carboxylic acids is 1. The third kappa shape index (κ3) is 2.42. The van der Waals surface area contributed by atoms with Gasteiger partial charge in [0.2, 0.25) is 0 Å². The molecular formula is C12H13N3O4S. The lowest BCUT2D eigenvalue weighted by atomic mass is 10.1. The maximum atomic E-state index is 12.0. The Labute approximate surface area is 118 Å². The van der Waals surface area contributed by atoms with Crippen LogP contribution in [0.5, 0.6) is 0 Å². The van der Waals surface area contributed by atoms with Crippen molar-refractivity contribution in [1.82, 2.24) is 15.0 Å². The minimum atomic E-state index is -1.17. The largest absolute Gasteiger partial charge is 0.476 e. The van der Waals surface area contributed by atoms with Crippen LogP contribution in [0.1, 0.15) is 38.2 Å². The van der Waals surface area contributed by atoms with Crippen LogP contribution in [-0.4, -0.2) is 38.6 Å². The molecule has 0 saturated heterocycles. The fourth-order valence-electron chi connectivity index (χ4n) is 1.68.